The molecule has 2 aromatic carbocycles. The van der Waals surface area contributed by atoms with Gasteiger partial charge in [-0.15, -0.1) is 0 Å². The van der Waals surface area contributed by atoms with Gasteiger partial charge in [0.05, 0.1) is 12.0 Å². The highest BCUT2D eigenvalue weighted by atomic mass is 32.2. The van der Waals surface area contributed by atoms with E-state index in [-0.39, 0.29) is 16.9 Å². The molecule has 6 aliphatic rings. The summed E-state index contributed by atoms with van der Waals surface area (Å²) in [6.07, 6.45) is 9.57. The number of imide groups is 1. The lowest BCUT2D eigenvalue weighted by Crippen LogP contribution is -2.48. The summed E-state index contributed by atoms with van der Waals surface area (Å²) in [4.78, 5) is 40.1. The van der Waals surface area contributed by atoms with Crippen LogP contribution >= 0.6 is 11.8 Å². The maximum Gasteiger partial charge on any atom is 0.294 e. The van der Waals surface area contributed by atoms with Crippen LogP contribution in [0.5, 0.6) is 17.2 Å². The number of rotatable bonds is 6. The van der Waals surface area contributed by atoms with Crippen LogP contribution in [0.25, 0.3) is 6.08 Å². The molecule has 2 aliphatic heterocycles. The van der Waals surface area contributed by atoms with E-state index in [2.05, 4.69) is 17.4 Å². The smallest absolute Gasteiger partial charge is 0.294 e. The summed E-state index contributed by atoms with van der Waals surface area (Å²) in [6, 6.07) is 11.4. The van der Waals surface area contributed by atoms with Crippen molar-refractivity contribution in [3.8, 4) is 17.2 Å². The Morgan fingerprint density at radius 3 is 2.42 bits per heavy atom. The van der Waals surface area contributed by atoms with Gasteiger partial charge in [-0.2, -0.15) is 0 Å². The maximum atomic E-state index is 13.3. The van der Waals surface area contributed by atoms with Crippen molar-refractivity contribution in [1.82, 2.24) is 4.90 Å². The molecule has 1 saturated heterocycles. The highest BCUT2D eigenvalue weighted by Gasteiger charge is 2.51. The van der Waals surface area contributed by atoms with Crippen molar-refractivity contribution in [3.63, 3.8) is 0 Å². The number of amides is 3. The molecule has 1 N–H and O–H groups in total. The molecule has 0 spiro atoms. The third-order valence-corrected chi connectivity index (χ3v) is 10.1. The second-order valence-corrected chi connectivity index (χ2v) is 12.8. The molecule has 8 rings (SSSR count). The third kappa shape index (κ3) is 4.54. The minimum Gasteiger partial charge on any atom is -0.496 e. The number of carbonyl (C=O) groups excluding carboxylic acids is 3. The molecular formula is C31H32N2O6S. The van der Waals surface area contributed by atoms with Gasteiger partial charge in [0.2, 0.25) is 5.91 Å². The molecule has 0 aromatic heterocycles. The first kappa shape index (κ1) is 25.5. The van der Waals surface area contributed by atoms with E-state index in [9.17, 15) is 14.4 Å². The molecular weight excluding hydrogens is 528 g/mol. The summed E-state index contributed by atoms with van der Waals surface area (Å²) in [6.45, 7) is 0.536. The van der Waals surface area contributed by atoms with E-state index >= 15 is 0 Å². The van der Waals surface area contributed by atoms with Gasteiger partial charge >= 0.3 is 0 Å². The average Bonchev–Trinajstić information content (AvgIpc) is 3.19. The van der Waals surface area contributed by atoms with Gasteiger partial charge < -0.3 is 19.5 Å². The van der Waals surface area contributed by atoms with Crippen LogP contribution in [0, 0.1) is 17.8 Å². The molecule has 40 heavy (non-hydrogen) atoms. The van der Waals surface area contributed by atoms with Crippen molar-refractivity contribution in [2.24, 2.45) is 17.8 Å². The molecule has 0 atom stereocenters. The van der Waals surface area contributed by atoms with E-state index in [0.717, 1.165) is 40.0 Å². The number of hydrogen-bond donors (Lipinski definition) is 1. The van der Waals surface area contributed by atoms with Crippen LogP contribution in [-0.2, 0) is 15.0 Å². The van der Waals surface area contributed by atoms with Crippen LogP contribution in [0.15, 0.2) is 41.3 Å². The number of methoxy groups -OCH3 is 1. The normalized spacial score (nSPS) is 29.3. The predicted molar refractivity (Wildman–Crippen MR) is 152 cm³/mol. The molecule has 3 amide bonds. The molecule has 5 fully saturated rings. The van der Waals surface area contributed by atoms with Gasteiger partial charge in [0.1, 0.15) is 25.5 Å². The number of benzene rings is 2. The Labute approximate surface area is 237 Å². The first-order chi connectivity index (χ1) is 19.4. The Morgan fingerprint density at radius 2 is 1.73 bits per heavy atom. The third-order valence-electron chi connectivity index (χ3n) is 9.17. The van der Waals surface area contributed by atoms with Gasteiger partial charge in [0.25, 0.3) is 11.1 Å². The van der Waals surface area contributed by atoms with Gasteiger partial charge in [-0.1, -0.05) is 6.07 Å². The number of fused-ring (bicyclic) bond motifs is 1. The van der Waals surface area contributed by atoms with Crippen molar-refractivity contribution in [1.29, 1.82) is 0 Å². The Kier molecular flexibility index (Phi) is 6.29. The highest BCUT2D eigenvalue weighted by molar-refractivity contribution is 8.18. The SMILES string of the molecule is COc1ccc(C23CC4CC(CC(C4)C2)C3)cc1/C=C1/SC(=O)N(CC(=O)Nc2ccc3c(c2)OCCO3)C1=O. The summed E-state index contributed by atoms with van der Waals surface area (Å²) in [5, 5.41) is 2.28. The zero-order chi connectivity index (χ0) is 27.4. The van der Waals surface area contributed by atoms with Gasteiger partial charge in [-0.05, 0) is 109 Å². The monoisotopic (exact) mass is 560 g/mol. The number of ether oxygens (including phenoxy) is 3. The van der Waals surface area contributed by atoms with Crippen LogP contribution in [-0.4, -0.2) is 48.8 Å². The van der Waals surface area contributed by atoms with Crippen LogP contribution in [0.3, 0.4) is 0 Å². The van der Waals surface area contributed by atoms with Gasteiger partial charge in [-0.25, -0.2) is 0 Å². The number of anilines is 1. The van der Waals surface area contributed by atoms with Gasteiger partial charge in [0.15, 0.2) is 11.5 Å². The van der Waals surface area contributed by atoms with Crippen LogP contribution in [0.1, 0.15) is 49.7 Å². The second-order valence-electron chi connectivity index (χ2n) is 11.8. The Bertz CT molecular complexity index is 1400. The molecule has 0 unspecified atom stereocenters. The minimum absolute atomic E-state index is 0.203. The van der Waals surface area contributed by atoms with Crippen molar-refractivity contribution in [2.75, 3.05) is 32.2 Å². The van der Waals surface area contributed by atoms with Gasteiger partial charge in [-0.3, -0.25) is 19.3 Å². The number of thioether (sulfide) groups is 1. The number of nitrogens with zero attached hydrogens (tertiary/aromatic N) is 1. The Hall–Kier alpha value is -3.46. The molecule has 4 bridgehead atoms. The van der Waals surface area contributed by atoms with E-state index in [0.29, 0.717) is 36.1 Å². The largest absolute Gasteiger partial charge is 0.496 e. The van der Waals surface area contributed by atoms with E-state index in [1.54, 1.807) is 31.4 Å². The molecule has 2 heterocycles. The molecule has 9 heteroatoms. The summed E-state index contributed by atoms with van der Waals surface area (Å²) in [5.74, 6) is 3.34. The quantitative estimate of drug-likeness (QED) is 0.459. The zero-order valence-corrected chi connectivity index (χ0v) is 23.3. The van der Waals surface area contributed by atoms with Crippen molar-refractivity contribution < 1.29 is 28.6 Å². The lowest BCUT2D eigenvalue weighted by atomic mass is 9.48. The second kappa shape index (κ2) is 9.87. The van der Waals surface area contributed by atoms with E-state index in [1.165, 1.54) is 44.1 Å². The first-order valence-corrected chi connectivity index (χ1v) is 14.8. The van der Waals surface area contributed by atoms with Crippen molar-refractivity contribution in [2.45, 2.75) is 43.9 Å². The summed E-state index contributed by atoms with van der Waals surface area (Å²) >= 11 is 0.854. The van der Waals surface area contributed by atoms with E-state index in [1.807, 2.05) is 6.07 Å². The topological polar surface area (TPSA) is 94.2 Å². The molecule has 4 saturated carbocycles. The molecule has 0 radical (unpaired) electrons. The van der Waals surface area contributed by atoms with Crippen molar-refractivity contribution >= 4 is 40.6 Å². The van der Waals surface area contributed by atoms with E-state index < -0.39 is 17.1 Å². The Balaban J connectivity index is 1.09. The lowest BCUT2D eigenvalue weighted by Gasteiger charge is -2.57. The van der Waals surface area contributed by atoms with Crippen LogP contribution in [0.2, 0.25) is 0 Å². The summed E-state index contributed by atoms with van der Waals surface area (Å²) < 4.78 is 16.7. The van der Waals surface area contributed by atoms with Crippen molar-refractivity contribution in [3.05, 3.63) is 52.4 Å². The first-order valence-electron chi connectivity index (χ1n) is 14.0. The summed E-state index contributed by atoms with van der Waals surface area (Å²) in [7, 11) is 1.62. The van der Waals surface area contributed by atoms with Gasteiger partial charge in [0, 0.05) is 17.3 Å². The fourth-order valence-electron chi connectivity index (χ4n) is 7.88. The van der Waals surface area contributed by atoms with Crippen LogP contribution in [0.4, 0.5) is 10.5 Å². The predicted octanol–water partition coefficient (Wildman–Crippen LogP) is 5.61. The zero-order valence-electron chi connectivity index (χ0n) is 22.4. The van der Waals surface area contributed by atoms with Crippen LogP contribution < -0.4 is 19.5 Å². The maximum absolute atomic E-state index is 13.3. The highest BCUT2D eigenvalue weighted by Crippen LogP contribution is 2.61. The fraction of sp³-hybridized carbons (Fsp3) is 0.452. The van der Waals surface area contributed by atoms with E-state index in [4.69, 9.17) is 14.2 Å². The Morgan fingerprint density at radius 1 is 1.02 bits per heavy atom. The molecule has 208 valence electrons. The lowest BCUT2D eigenvalue weighted by molar-refractivity contribution is -0.127. The summed E-state index contributed by atoms with van der Waals surface area (Å²) in [5.41, 5.74) is 2.82. The average molecular weight is 561 g/mol. The number of nitrogens with one attached hydrogen (secondary N) is 1. The fourth-order valence-corrected chi connectivity index (χ4v) is 8.71. The molecule has 2 aromatic rings. The number of carbonyl (C=O) groups is 3. The number of hydrogen-bond acceptors (Lipinski definition) is 7. The standard InChI is InChI=1S/C31H32N2O6S/c1-37-24-4-2-22(31-14-18-8-19(15-31)10-20(9-18)16-31)11-21(24)12-27-29(35)33(30(36)40-27)17-28(34)32-23-3-5-25-26(13-23)39-7-6-38-25/h2-5,11-13,18-20H,6-10,14-17H2,1H3,(H,32,34)/b27-12+. The minimum atomic E-state index is -0.477. The molecule has 4 aliphatic carbocycles. The molecule has 8 nitrogen and oxygen atoms in total.